The molecule has 3 rings (SSSR count). The van der Waals surface area contributed by atoms with E-state index in [9.17, 15) is 4.79 Å². The second-order valence-electron chi connectivity index (χ2n) is 6.56. The molecule has 0 saturated carbocycles. The van der Waals surface area contributed by atoms with Crippen LogP contribution in [0.2, 0.25) is 0 Å². The Morgan fingerprint density at radius 3 is 2.73 bits per heavy atom. The molecule has 3 heterocycles. The maximum Gasteiger partial charge on any atom is 0.224 e. The Morgan fingerprint density at radius 1 is 1.27 bits per heavy atom. The third kappa shape index (κ3) is 4.62. The van der Waals surface area contributed by atoms with Gasteiger partial charge >= 0.3 is 0 Å². The fourth-order valence-electron chi connectivity index (χ4n) is 3.29. The second kappa shape index (κ2) is 9.14. The first kappa shape index (κ1) is 18.8. The van der Waals surface area contributed by atoms with Gasteiger partial charge in [0.25, 0.3) is 0 Å². The summed E-state index contributed by atoms with van der Waals surface area (Å²) >= 11 is 1.57. The van der Waals surface area contributed by atoms with Crippen LogP contribution in [0.25, 0.3) is 5.13 Å². The zero-order valence-electron chi connectivity index (χ0n) is 15.6. The Hall–Kier alpha value is -1.93. The molecule has 1 amide bonds. The van der Waals surface area contributed by atoms with Crippen LogP contribution in [0.1, 0.15) is 26.7 Å². The van der Waals surface area contributed by atoms with E-state index in [1.54, 1.807) is 11.3 Å². The molecule has 0 bridgehead atoms. The molecule has 1 atom stereocenters. The molecule has 1 unspecified atom stereocenters. The van der Waals surface area contributed by atoms with Gasteiger partial charge in [-0.1, -0.05) is 25.2 Å². The number of anilines is 1. The summed E-state index contributed by atoms with van der Waals surface area (Å²) in [6, 6.07) is 3.95. The van der Waals surface area contributed by atoms with E-state index in [0.29, 0.717) is 6.54 Å². The Bertz CT molecular complexity index is 682. The SMILES string of the molecule is CCN(CC)CCNC(=O)C1CCCN(c2nnc(-n3cccc3)s2)C1. The van der Waals surface area contributed by atoms with E-state index < -0.39 is 0 Å². The van der Waals surface area contributed by atoms with Gasteiger partial charge in [0.05, 0.1) is 5.92 Å². The number of nitrogens with one attached hydrogen (secondary N) is 1. The lowest BCUT2D eigenvalue weighted by Crippen LogP contribution is -2.44. The van der Waals surface area contributed by atoms with E-state index in [-0.39, 0.29) is 11.8 Å². The molecule has 0 aliphatic carbocycles. The summed E-state index contributed by atoms with van der Waals surface area (Å²) in [6.45, 7) is 9.61. The normalized spacial score (nSPS) is 17.7. The number of aromatic nitrogens is 3. The summed E-state index contributed by atoms with van der Waals surface area (Å²) < 4.78 is 1.96. The lowest BCUT2D eigenvalue weighted by Gasteiger charge is -2.31. The van der Waals surface area contributed by atoms with E-state index in [4.69, 9.17) is 0 Å². The summed E-state index contributed by atoms with van der Waals surface area (Å²) in [6.07, 6.45) is 5.88. The molecule has 8 heteroatoms. The highest BCUT2D eigenvalue weighted by Crippen LogP contribution is 2.27. The second-order valence-corrected chi connectivity index (χ2v) is 7.50. The van der Waals surface area contributed by atoms with Crippen LogP contribution in [-0.4, -0.2) is 64.8 Å². The van der Waals surface area contributed by atoms with Crippen LogP contribution >= 0.6 is 11.3 Å². The van der Waals surface area contributed by atoms with Crippen molar-refractivity contribution in [3.63, 3.8) is 0 Å². The summed E-state index contributed by atoms with van der Waals surface area (Å²) in [5, 5.41) is 13.5. The van der Waals surface area contributed by atoms with Crippen LogP contribution in [0, 0.1) is 5.92 Å². The Morgan fingerprint density at radius 2 is 2.00 bits per heavy atom. The zero-order chi connectivity index (χ0) is 18.4. The zero-order valence-corrected chi connectivity index (χ0v) is 16.4. The van der Waals surface area contributed by atoms with Gasteiger partial charge in [0, 0.05) is 38.6 Å². The molecule has 142 valence electrons. The molecule has 26 heavy (non-hydrogen) atoms. The molecule has 1 N–H and O–H groups in total. The molecule has 1 saturated heterocycles. The minimum atomic E-state index is 0.0272. The van der Waals surface area contributed by atoms with Crippen molar-refractivity contribution in [1.82, 2.24) is 25.0 Å². The number of hydrogen-bond acceptors (Lipinski definition) is 6. The minimum Gasteiger partial charge on any atom is -0.355 e. The molecule has 1 aliphatic rings. The van der Waals surface area contributed by atoms with E-state index in [1.165, 1.54) is 0 Å². The van der Waals surface area contributed by atoms with E-state index in [1.807, 2.05) is 29.1 Å². The van der Waals surface area contributed by atoms with Crippen molar-refractivity contribution >= 4 is 22.4 Å². The third-order valence-corrected chi connectivity index (χ3v) is 5.91. The Kier molecular flexibility index (Phi) is 6.62. The highest BCUT2D eigenvalue weighted by atomic mass is 32.1. The van der Waals surface area contributed by atoms with Gasteiger partial charge in [-0.3, -0.25) is 9.36 Å². The predicted octanol–water partition coefficient (Wildman–Crippen LogP) is 2.00. The summed E-state index contributed by atoms with van der Waals surface area (Å²) in [5.74, 6) is 0.191. The molecule has 0 spiro atoms. The van der Waals surface area contributed by atoms with Gasteiger partial charge in [-0.2, -0.15) is 0 Å². The number of piperidine rings is 1. The number of rotatable bonds is 8. The molecule has 0 radical (unpaired) electrons. The van der Waals surface area contributed by atoms with Crippen molar-refractivity contribution in [1.29, 1.82) is 0 Å². The number of carbonyl (C=O) groups excluding carboxylic acids is 1. The summed E-state index contributed by atoms with van der Waals surface area (Å²) in [5.41, 5.74) is 0. The van der Waals surface area contributed by atoms with Crippen LogP contribution in [0.15, 0.2) is 24.5 Å². The van der Waals surface area contributed by atoms with Gasteiger partial charge in [0.15, 0.2) is 0 Å². The Balaban J connectivity index is 1.53. The summed E-state index contributed by atoms with van der Waals surface area (Å²) in [7, 11) is 0. The molecular formula is C18H28N6OS. The van der Waals surface area contributed by atoms with Gasteiger partial charge in [0.1, 0.15) is 0 Å². The van der Waals surface area contributed by atoms with Crippen molar-refractivity contribution in [2.45, 2.75) is 26.7 Å². The first-order valence-electron chi connectivity index (χ1n) is 9.43. The van der Waals surface area contributed by atoms with Crippen molar-refractivity contribution in [2.75, 3.05) is 44.2 Å². The van der Waals surface area contributed by atoms with Crippen molar-refractivity contribution in [3.8, 4) is 5.13 Å². The fourth-order valence-corrected chi connectivity index (χ4v) is 4.14. The predicted molar refractivity (Wildman–Crippen MR) is 105 cm³/mol. The van der Waals surface area contributed by atoms with Crippen molar-refractivity contribution < 1.29 is 4.79 Å². The molecule has 1 aliphatic heterocycles. The van der Waals surface area contributed by atoms with E-state index in [0.717, 1.165) is 55.8 Å². The van der Waals surface area contributed by atoms with Gasteiger partial charge in [0.2, 0.25) is 16.2 Å². The third-order valence-electron chi connectivity index (χ3n) is 4.91. The number of hydrogen-bond donors (Lipinski definition) is 1. The highest BCUT2D eigenvalue weighted by molar-refractivity contribution is 7.17. The van der Waals surface area contributed by atoms with Crippen LogP contribution < -0.4 is 10.2 Å². The molecule has 1 fully saturated rings. The van der Waals surface area contributed by atoms with Gasteiger partial charge in [-0.25, -0.2) is 0 Å². The number of carbonyl (C=O) groups is 1. The standard InChI is InChI=1S/C18H28N6OS/c1-3-22(4-2)13-9-19-16(25)15-8-7-12-24(14-15)18-21-20-17(26-18)23-10-5-6-11-23/h5-6,10-11,15H,3-4,7-9,12-14H2,1-2H3,(H,19,25). The molecule has 0 aromatic carbocycles. The lowest BCUT2D eigenvalue weighted by molar-refractivity contribution is -0.125. The van der Waals surface area contributed by atoms with Crippen LogP contribution in [0.4, 0.5) is 5.13 Å². The van der Waals surface area contributed by atoms with Crippen molar-refractivity contribution in [3.05, 3.63) is 24.5 Å². The minimum absolute atomic E-state index is 0.0272. The van der Waals surface area contributed by atoms with Crippen LogP contribution in [0.3, 0.4) is 0 Å². The molecule has 7 nitrogen and oxygen atoms in total. The number of nitrogens with zero attached hydrogens (tertiary/aromatic N) is 5. The number of amides is 1. The maximum atomic E-state index is 12.5. The van der Waals surface area contributed by atoms with E-state index in [2.05, 4.69) is 39.2 Å². The van der Waals surface area contributed by atoms with E-state index >= 15 is 0 Å². The number of likely N-dealkylation sites (N-methyl/N-ethyl adjacent to an activating group) is 1. The average Bonchev–Trinajstić information content (AvgIpc) is 3.36. The Labute approximate surface area is 159 Å². The monoisotopic (exact) mass is 376 g/mol. The maximum absolute atomic E-state index is 12.5. The first-order valence-corrected chi connectivity index (χ1v) is 10.2. The fraction of sp³-hybridized carbons (Fsp3) is 0.611. The summed E-state index contributed by atoms with van der Waals surface area (Å²) in [4.78, 5) is 17.0. The van der Waals surface area contributed by atoms with Crippen molar-refractivity contribution in [2.24, 2.45) is 5.92 Å². The van der Waals surface area contributed by atoms with Gasteiger partial charge in [-0.05, 0) is 38.1 Å². The topological polar surface area (TPSA) is 66.3 Å². The van der Waals surface area contributed by atoms with Crippen LogP contribution in [0.5, 0.6) is 0 Å². The molecular weight excluding hydrogens is 348 g/mol. The van der Waals surface area contributed by atoms with Crippen LogP contribution in [-0.2, 0) is 4.79 Å². The lowest BCUT2D eigenvalue weighted by atomic mass is 9.97. The first-order chi connectivity index (χ1) is 12.7. The average molecular weight is 377 g/mol. The van der Waals surface area contributed by atoms with Gasteiger partial charge < -0.3 is 15.1 Å². The smallest absolute Gasteiger partial charge is 0.224 e. The highest BCUT2D eigenvalue weighted by Gasteiger charge is 2.27. The largest absolute Gasteiger partial charge is 0.355 e. The molecule has 2 aromatic heterocycles. The molecule has 2 aromatic rings. The van der Waals surface area contributed by atoms with Gasteiger partial charge in [-0.15, -0.1) is 10.2 Å². The quantitative estimate of drug-likeness (QED) is 0.763.